The Morgan fingerprint density at radius 3 is 2.45 bits per heavy atom. The summed E-state index contributed by atoms with van der Waals surface area (Å²) >= 11 is 0. The molecule has 0 saturated heterocycles. The number of hydrogen-bond donors (Lipinski definition) is 1. The van der Waals surface area contributed by atoms with Crippen LogP contribution in [0.1, 0.15) is 10.4 Å². The van der Waals surface area contributed by atoms with Crippen molar-refractivity contribution in [3.05, 3.63) is 82.4 Å². The Morgan fingerprint density at radius 1 is 0.966 bits per heavy atom. The van der Waals surface area contributed by atoms with E-state index in [0.717, 1.165) is 16.4 Å². The summed E-state index contributed by atoms with van der Waals surface area (Å²) in [5, 5.41) is 15.1. The van der Waals surface area contributed by atoms with E-state index in [0.29, 0.717) is 11.3 Å². The van der Waals surface area contributed by atoms with Gasteiger partial charge in [-0.2, -0.15) is 0 Å². The van der Waals surface area contributed by atoms with Crippen LogP contribution in [0.25, 0.3) is 21.9 Å². The van der Waals surface area contributed by atoms with Crippen molar-refractivity contribution in [2.24, 2.45) is 0 Å². The maximum atomic E-state index is 12.1. The van der Waals surface area contributed by atoms with Crippen LogP contribution in [0, 0.1) is 10.1 Å². The Balaban J connectivity index is 1.41. The minimum absolute atomic E-state index is 0.120. The number of furan rings is 1. The van der Waals surface area contributed by atoms with E-state index in [2.05, 4.69) is 5.32 Å². The first kappa shape index (κ1) is 18.2. The third-order valence-corrected chi connectivity index (χ3v) is 4.31. The Hall–Kier alpha value is -4.20. The molecule has 0 fully saturated rings. The normalized spacial score (nSPS) is 10.8. The largest absolute Gasteiger partial charge is 0.456 e. The number of hydrogen-bond acceptors (Lipinski definition) is 6. The van der Waals surface area contributed by atoms with Gasteiger partial charge in [-0.25, -0.2) is 4.79 Å². The third kappa shape index (κ3) is 3.77. The summed E-state index contributed by atoms with van der Waals surface area (Å²) in [6, 6.07) is 17.8. The molecule has 1 N–H and O–H groups in total. The van der Waals surface area contributed by atoms with Gasteiger partial charge in [0.05, 0.1) is 10.5 Å². The lowest BCUT2D eigenvalue weighted by Gasteiger charge is -2.07. The van der Waals surface area contributed by atoms with E-state index in [-0.39, 0.29) is 11.3 Å². The molecule has 0 spiro atoms. The fourth-order valence-electron chi connectivity index (χ4n) is 2.93. The number of benzene rings is 3. The standard InChI is InChI=1S/C21H14N2O6/c24-20(12-28-21(25)13-5-8-15(9-6-13)23(26)27)22-14-7-10-19-17(11-14)16-3-1-2-4-18(16)29-19/h1-11H,12H2,(H,22,24). The van der Waals surface area contributed by atoms with Crippen LogP contribution in [0.15, 0.2) is 71.1 Å². The van der Waals surface area contributed by atoms with Gasteiger partial charge in [-0.3, -0.25) is 14.9 Å². The van der Waals surface area contributed by atoms with Crippen molar-refractivity contribution >= 4 is 45.2 Å². The predicted molar refractivity (Wildman–Crippen MR) is 106 cm³/mol. The highest BCUT2D eigenvalue weighted by Crippen LogP contribution is 2.30. The zero-order valence-electron chi connectivity index (χ0n) is 15.0. The fourth-order valence-corrected chi connectivity index (χ4v) is 2.93. The minimum atomic E-state index is -0.744. The highest BCUT2D eigenvalue weighted by atomic mass is 16.6. The van der Waals surface area contributed by atoms with Crippen molar-refractivity contribution in [2.75, 3.05) is 11.9 Å². The number of nitro groups is 1. The van der Waals surface area contributed by atoms with E-state index in [9.17, 15) is 19.7 Å². The first-order valence-corrected chi connectivity index (χ1v) is 8.64. The summed E-state index contributed by atoms with van der Waals surface area (Å²) in [5.74, 6) is -1.25. The summed E-state index contributed by atoms with van der Waals surface area (Å²) in [5.41, 5.74) is 1.98. The van der Waals surface area contributed by atoms with Gasteiger partial charge in [0.15, 0.2) is 6.61 Å². The molecule has 0 aliphatic carbocycles. The molecule has 0 aliphatic heterocycles. The van der Waals surface area contributed by atoms with Crippen molar-refractivity contribution in [2.45, 2.75) is 0 Å². The molecule has 4 rings (SSSR count). The summed E-state index contributed by atoms with van der Waals surface area (Å²) < 4.78 is 10.7. The number of anilines is 1. The first-order chi connectivity index (χ1) is 14.0. The predicted octanol–water partition coefficient (Wildman–Crippen LogP) is 4.29. The SMILES string of the molecule is O=C(COC(=O)c1ccc([N+](=O)[O-])cc1)Nc1ccc2oc3ccccc3c2c1. The molecule has 0 unspecified atom stereocenters. The number of esters is 1. The van der Waals surface area contributed by atoms with Gasteiger partial charge >= 0.3 is 5.97 Å². The molecular weight excluding hydrogens is 376 g/mol. The number of ether oxygens (including phenoxy) is 1. The number of fused-ring (bicyclic) bond motifs is 3. The van der Waals surface area contributed by atoms with Crippen molar-refractivity contribution in [3.8, 4) is 0 Å². The molecule has 1 amide bonds. The quantitative estimate of drug-likeness (QED) is 0.309. The van der Waals surface area contributed by atoms with Crippen molar-refractivity contribution in [3.63, 3.8) is 0 Å². The number of para-hydroxylation sites is 1. The maximum absolute atomic E-state index is 12.1. The number of carbonyl (C=O) groups excluding carboxylic acids is 2. The lowest BCUT2D eigenvalue weighted by Crippen LogP contribution is -2.20. The van der Waals surface area contributed by atoms with Crippen LogP contribution >= 0.6 is 0 Å². The summed E-state index contributed by atoms with van der Waals surface area (Å²) in [6.45, 7) is -0.486. The zero-order valence-corrected chi connectivity index (χ0v) is 15.0. The number of rotatable bonds is 5. The van der Waals surface area contributed by atoms with Gasteiger partial charge in [0.25, 0.3) is 11.6 Å². The van der Waals surface area contributed by atoms with Gasteiger partial charge in [0.1, 0.15) is 11.2 Å². The van der Waals surface area contributed by atoms with E-state index < -0.39 is 23.4 Å². The van der Waals surface area contributed by atoms with Gasteiger partial charge in [-0.1, -0.05) is 18.2 Å². The van der Waals surface area contributed by atoms with Crippen molar-refractivity contribution < 1.29 is 23.7 Å². The Morgan fingerprint density at radius 2 is 1.69 bits per heavy atom. The number of non-ortho nitro benzene ring substituents is 1. The van der Waals surface area contributed by atoms with Crippen molar-refractivity contribution in [1.29, 1.82) is 0 Å². The molecule has 3 aromatic carbocycles. The summed E-state index contributed by atoms with van der Waals surface area (Å²) in [4.78, 5) is 34.2. The molecule has 4 aromatic rings. The van der Waals surface area contributed by atoms with Crippen LogP contribution in [0.3, 0.4) is 0 Å². The van der Waals surface area contributed by atoms with Gasteiger partial charge in [-0.05, 0) is 36.4 Å². The molecule has 0 atom stereocenters. The van der Waals surface area contributed by atoms with Crippen LogP contribution in [-0.2, 0) is 9.53 Å². The van der Waals surface area contributed by atoms with Gasteiger partial charge in [0, 0.05) is 28.6 Å². The van der Waals surface area contributed by atoms with Gasteiger partial charge in [0.2, 0.25) is 0 Å². The third-order valence-electron chi connectivity index (χ3n) is 4.31. The summed E-state index contributed by atoms with van der Waals surface area (Å²) in [7, 11) is 0. The molecule has 1 heterocycles. The van der Waals surface area contributed by atoms with Crippen LogP contribution in [-0.4, -0.2) is 23.4 Å². The molecule has 8 heteroatoms. The monoisotopic (exact) mass is 390 g/mol. The topological polar surface area (TPSA) is 112 Å². The summed E-state index contributed by atoms with van der Waals surface area (Å²) in [6.07, 6.45) is 0. The van der Waals surface area contributed by atoms with E-state index in [1.165, 1.54) is 24.3 Å². The Bertz CT molecular complexity index is 1240. The van der Waals surface area contributed by atoms with Crippen LogP contribution < -0.4 is 5.32 Å². The number of nitrogens with one attached hydrogen (secondary N) is 1. The van der Waals surface area contributed by atoms with Gasteiger partial charge in [-0.15, -0.1) is 0 Å². The number of amides is 1. The molecule has 0 saturated carbocycles. The average Bonchev–Trinajstić information content (AvgIpc) is 3.10. The smallest absolute Gasteiger partial charge is 0.338 e. The number of carbonyl (C=O) groups is 2. The number of nitro benzene ring substituents is 1. The lowest BCUT2D eigenvalue weighted by atomic mass is 10.1. The highest BCUT2D eigenvalue weighted by Gasteiger charge is 2.13. The highest BCUT2D eigenvalue weighted by molar-refractivity contribution is 6.07. The minimum Gasteiger partial charge on any atom is -0.456 e. The molecule has 144 valence electrons. The van der Waals surface area contributed by atoms with Crippen molar-refractivity contribution in [1.82, 2.24) is 0 Å². The second kappa shape index (κ2) is 7.43. The van der Waals surface area contributed by atoms with Crippen LogP contribution in [0.5, 0.6) is 0 Å². The molecule has 8 nitrogen and oxygen atoms in total. The van der Waals surface area contributed by atoms with E-state index >= 15 is 0 Å². The average molecular weight is 390 g/mol. The molecule has 0 radical (unpaired) electrons. The molecule has 1 aromatic heterocycles. The Labute approximate surface area is 163 Å². The molecule has 29 heavy (non-hydrogen) atoms. The van der Waals surface area contributed by atoms with E-state index in [1.54, 1.807) is 18.2 Å². The molecule has 0 bridgehead atoms. The number of nitrogens with zero attached hydrogens (tertiary/aromatic N) is 1. The molecule has 0 aliphatic rings. The fraction of sp³-hybridized carbons (Fsp3) is 0.0476. The van der Waals surface area contributed by atoms with E-state index in [4.69, 9.17) is 9.15 Å². The maximum Gasteiger partial charge on any atom is 0.338 e. The lowest BCUT2D eigenvalue weighted by molar-refractivity contribution is -0.384. The Kier molecular flexibility index (Phi) is 4.66. The second-order valence-corrected chi connectivity index (χ2v) is 6.24. The second-order valence-electron chi connectivity index (χ2n) is 6.24. The van der Waals surface area contributed by atoms with Crippen LogP contribution in [0.2, 0.25) is 0 Å². The molecular formula is C21H14N2O6. The van der Waals surface area contributed by atoms with Crippen LogP contribution in [0.4, 0.5) is 11.4 Å². The van der Waals surface area contributed by atoms with Gasteiger partial charge < -0.3 is 14.5 Å². The van der Waals surface area contributed by atoms with E-state index in [1.807, 2.05) is 24.3 Å². The first-order valence-electron chi connectivity index (χ1n) is 8.64. The zero-order chi connectivity index (χ0) is 20.4.